The van der Waals surface area contributed by atoms with Crippen LogP contribution in [0.15, 0.2) is 24.3 Å². The van der Waals surface area contributed by atoms with Gasteiger partial charge in [-0.3, -0.25) is 4.79 Å². The van der Waals surface area contributed by atoms with Crippen molar-refractivity contribution in [3.8, 4) is 11.5 Å². The van der Waals surface area contributed by atoms with Gasteiger partial charge in [0.05, 0.1) is 13.2 Å². The number of rotatable bonds is 8. The first-order valence-corrected chi connectivity index (χ1v) is 11.3. The van der Waals surface area contributed by atoms with Gasteiger partial charge in [0.2, 0.25) is 0 Å². The van der Waals surface area contributed by atoms with Crippen LogP contribution >= 0.6 is 0 Å². The fourth-order valence-electron chi connectivity index (χ4n) is 6.08. The van der Waals surface area contributed by atoms with Crippen LogP contribution in [0.1, 0.15) is 57.9 Å². The van der Waals surface area contributed by atoms with Crippen LogP contribution in [0.25, 0.3) is 6.08 Å². The molecule has 4 aliphatic carbocycles. The van der Waals surface area contributed by atoms with Gasteiger partial charge in [-0.25, -0.2) is 4.79 Å². The molecule has 0 atom stereocenters. The lowest BCUT2D eigenvalue weighted by molar-refractivity contribution is -0.145. The minimum absolute atomic E-state index is 0.0369. The monoisotopic (exact) mass is 427 g/mol. The van der Waals surface area contributed by atoms with Gasteiger partial charge >= 0.3 is 5.97 Å². The molecule has 0 unspecified atom stereocenters. The minimum atomic E-state index is -0.540. The van der Waals surface area contributed by atoms with Crippen molar-refractivity contribution in [1.82, 2.24) is 5.32 Å². The molecule has 0 spiro atoms. The molecule has 31 heavy (non-hydrogen) atoms. The summed E-state index contributed by atoms with van der Waals surface area (Å²) in [6.07, 6.45) is 10.2. The lowest BCUT2D eigenvalue weighted by Gasteiger charge is -2.56. The molecule has 0 heterocycles. The zero-order valence-corrected chi connectivity index (χ0v) is 18.7. The zero-order valence-electron chi connectivity index (χ0n) is 18.7. The average Bonchev–Trinajstić information content (AvgIpc) is 2.69. The molecule has 0 saturated heterocycles. The highest BCUT2D eigenvalue weighted by Gasteiger charge is 2.51. The van der Waals surface area contributed by atoms with Gasteiger partial charge in [-0.05, 0) is 93.9 Å². The summed E-state index contributed by atoms with van der Waals surface area (Å²) >= 11 is 0. The fraction of sp³-hybridized carbons (Fsp3) is 0.600. The predicted molar refractivity (Wildman–Crippen MR) is 118 cm³/mol. The largest absolute Gasteiger partial charge is 0.493 e. The summed E-state index contributed by atoms with van der Waals surface area (Å²) in [7, 11) is 1.58. The Labute approximate surface area is 184 Å². The van der Waals surface area contributed by atoms with Crippen molar-refractivity contribution in [2.45, 2.75) is 64.0 Å². The van der Waals surface area contributed by atoms with Gasteiger partial charge < -0.3 is 19.5 Å². The molecule has 0 radical (unpaired) electrons. The number of ether oxygens (including phenoxy) is 3. The van der Waals surface area contributed by atoms with Crippen LogP contribution in [-0.4, -0.2) is 37.2 Å². The van der Waals surface area contributed by atoms with Crippen LogP contribution in [0.5, 0.6) is 11.5 Å². The van der Waals surface area contributed by atoms with E-state index in [1.54, 1.807) is 19.3 Å². The number of amides is 1. The Morgan fingerprint density at radius 2 is 1.74 bits per heavy atom. The number of methoxy groups -OCH3 is 1. The van der Waals surface area contributed by atoms with E-state index in [1.165, 1.54) is 25.3 Å². The Balaban J connectivity index is 1.27. The maximum atomic E-state index is 12.5. The summed E-state index contributed by atoms with van der Waals surface area (Å²) in [4.78, 5) is 24.6. The Bertz CT molecular complexity index is 824. The number of carbonyl (C=O) groups excluding carboxylic acids is 2. The summed E-state index contributed by atoms with van der Waals surface area (Å²) in [5.41, 5.74) is 0.715. The highest BCUT2D eigenvalue weighted by molar-refractivity contribution is 5.89. The SMILES string of the molecule is COc1cc(/C=C/C(=O)OCC(=O)NC23CC4CC(CC(C4)C2)C3)ccc1OC(C)C. The fourth-order valence-corrected chi connectivity index (χ4v) is 6.08. The second-order valence-corrected chi connectivity index (χ2v) is 9.76. The van der Waals surface area contributed by atoms with Crippen molar-refractivity contribution in [3.05, 3.63) is 29.8 Å². The van der Waals surface area contributed by atoms with Gasteiger partial charge in [0, 0.05) is 11.6 Å². The van der Waals surface area contributed by atoms with E-state index < -0.39 is 5.97 Å². The third kappa shape index (κ3) is 5.23. The lowest BCUT2D eigenvalue weighted by atomic mass is 9.53. The number of esters is 1. The van der Waals surface area contributed by atoms with Gasteiger partial charge in [0.15, 0.2) is 18.1 Å². The molecule has 0 aromatic heterocycles. The van der Waals surface area contributed by atoms with Crippen LogP contribution in [0.4, 0.5) is 0 Å². The molecule has 168 valence electrons. The standard InChI is InChI=1S/C25H33NO5/c1-16(2)31-21-6-4-17(11-22(21)29-3)5-7-24(28)30-15-23(27)26-25-12-18-8-19(13-25)10-20(9-18)14-25/h4-7,11,16,18-20H,8-10,12-15H2,1-3H3,(H,26,27)/b7-5+. The van der Waals surface area contributed by atoms with Crippen LogP contribution in [0.3, 0.4) is 0 Å². The smallest absolute Gasteiger partial charge is 0.331 e. The van der Waals surface area contributed by atoms with Gasteiger partial charge in [-0.2, -0.15) is 0 Å². The number of hydrogen-bond donors (Lipinski definition) is 1. The normalized spacial score (nSPS) is 28.7. The number of hydrogen-bond acceptors (Lipinski definition) is 5. The van der Waals surface area contributed by atoms with Crippen LogP contribution in [-0.2, 0) is 14.3 Å². The molecule has 1 aromatic carbocycles. The molecule has 1 amide bonds. The summed E-state index contributed by atoms with van der Waals surface area (Å²) in [5.74, 6) is 2.78. The van der Waals surface area contributed by atoms with E-state index in [9.17, 15) is 9.59 Å². The molecular weight excluding hydrogens is 394 g/mol. The topological polar surface area (TPSA) is 73.9 Å². The Morgan fingerprint density at radius 1 is 1.10 bits per heavy atom. The van der Waals surface area contributed by atoms with Crippen molar-refractivity contribution in [1.29, 1.82) is 0 Å². The molecule has 0 aliphatic heterocycles. The molecule has 1 aromatic rings. The van der Waals surface area contributed by atoms with Gasteiger partial charge in [-0.1, -0.05) is 6.07 Å². The third-order valence-corrected chi connectivity index (χ3v) is 6.75. The molecule has 6 nitrogen and oxygen atoms in total. The first-order valence-electron chi connectivity index (χ1n) is 11.3. The number of benzene rings is 1. The number of carbonyl (C=O) groups is 2. The summed E-state index contributed by atoms with van der Waals surface area (Å²) in [6, 6.07) is 5.44. The quantitative estimate of drug-likeness (QED) is 0.499. The van der Waals surface area contributed by atoms with Crippen molar-refractivity contribution >= 4 is 18.0 Å². The van der Waals surface area contributed by atoms with Crippen LogP contribution in [0, 0.1) is 17.8 Å². The van der Waals surface area contributed by atoms with Gasteiger partial charge in [0.25, 0.3) is 5.91 Å². The summed E-state index contributed by atoms with van der Waals surface area (Å²) in [5, 5.41) is 3.22. The molecule has 4 saturated carbocycles. The van der Waals surface area contributed by atoms with Crippen molar-refractivity contribution < 1.29 is 23.8 Å². The van der Waals surface area contributed by atoms with Crippen molar-refractivity contribution in [2.75, 3.05) is 13.7 Å². The van der Waals surface area contributed by atoms with E-state index in [0.29, 0.717) is 11.5 Å². The van der Waals surface area contributed by atoms with Gasteiger partial charge in [0.1, 0.15) is 0 Å². The van der Waals surface area contributed by atoms with E-state index in [1.807, 2.05) is 26.0 Å². The molecular formula is C25H33NO5. The highest BCUT2D eigenvalue weighted by Crippen LogP contribution is 2.55. The highest BCUT2D eigenvalue weighted by atomic mass is 16.5. The van der Waals surface area contributed by atoms with Crippen LogP contribution < -0.4 is 14.8 Å². The Morgan fingerprint density at radius 3 is 2.32 bits per heavy atom. The lowest BCUT2D eigenvalue weighted by Crippen LogP contribution is -2.60. The van der Waals surface area contributed by atoms with E-state index in [4.69, 9.17) is 14.2 Å². The number of nitrogens with one attached hydrogen (secondary N) is 1. The predicted octanol–water partition coefficient (Wildman–Crippen LogP) is 4.12. The van der Waals surface area contributed by atoms with E-state index >= 15 is 0 Å². The first-order chi connectivity index (χ1) is 14.8. The van der Waals surface area contributed by atoms with E-state index in [-0.39, 0.29) is 24.2 Å². The molecule has 6 heteroatoms. The molecule has 4 bridgehead atoms. The van der Waals surface area contributed by atoms with Crippen LogP contribution in [0.2, 0.25) is 0 Å². The second-order valence-electron chi connectivity index (χ2n) is 9.76. The minimum Gasteiger partial charge on any atom is -0.493 e. The third-order valence-electron chi connectivity index (χ3n) is 6.75. The second kappa shape index (κ2) is 8.93. The maximum Gasteiger partial charge on any atom is 0.331 e. The first kappa shape index (κ1) is 21.7. The zero-order chi connectivity index (χ0) is 22.0. The average molecular weight is 428 g/mol. The molecule has 4 aliphatic rings. The molecule has 5 rings (SSSR count). The van der Waals surface area contributed by atoms with E-state index in [2.05, 4.69) is 5.32 Å². The summed E-state index contributed by atoms with van der Waals surface area (Å²) < 4.78 is 16.2. The Kier molecular flexibility index (Phi) is 6.26. The molecule has 4 fully saturated rings. The molecule has 1 N–H and O–H groups in total. The van der Waals surface area contributed by atoms with E-state index in [0.717, 1.165) is 42.6 Å². The van der Waals surface area contributed by atoms with Gasteiger partial charge in [-0.15, -0.1) is 0 Å². The van der Waals surface area contributed by atoms with Crippen molar-refractivity contribution in [3.63, 3.8) is 0 Å². The summed E-state index contributed by atoms with van der Waals surface area (Å²) in [6.45, 7) is 3.65. The van der Waals surface area contributed by atoms with Crippen molar-refractivity contribution in [2.24, 2.45) is 17.8 Å². The Hall–Kier alpha value is -2.50. The maximum absolute atomic E-state index is 12.5.